The lowest BCUT2D eigenvalue weighted by Gasteiger charge is -2.11. The minimum absolute atomic E-state index is 0.137. The second kappa shape index (κ2) is 12.3. The van der Waals surface area contributed by atoms with Crippen molar-refractivity contribution in [1.82, 2.24) is 30.0 Å². The van der Waals surface area contributed by atoms with E-state index in [2.05, 4.69) is 25.5 Å². The van der Waals surface area contributed by atoms with Crippen molar-refractivity contribution in [3.05, 3.63) is 92.0 Å². The van der Waals surface area contributed by atoms with Crippen molar-refractivity contribution in [3.8, 4) is 17.2 Å². The quantitative estimate of drug-likeness (QED) is 0.247. The van der Waals surface area contributed by atoms with E-state index < -0.39 is 11.2 Å². The summed E-state index contributed by atoms with van der Waals surface area (Å²) < 4.78 is 12.4. The number of carbonyl (C=O) groups is 1. The van der Waals surface area contributed by atoms with Gasteiger partial charge in [0.2, 0.25) is 5.91 Å². The van der Waals surface area contributed by atoms with Crippen molar-refractivity contribution in [2.24, 2.45) is 0 Å². The number of thioether (sulfide) groups is 1. The Kier molecular flexibility index (Phi) is 8.64. The number of nitrogens with one attached hydrogen (secondary N) is 3. The van der Waals surface area contributed by atoms with Gasteiger partial charge in [0, 0.05) is 30.4 Å². The summed E-state index contributed by atoms with van der Waals surface area (Å²) in [7, 11) is 3.17. The van der Waals surface area contributed by atoms with Crippen LogP contribution in [-0.4, -0.2) is 57.2 Å². The number of aryl methyl sites for hydroxylation is 1. The highest BCUT2D eigenvalue weighted by Gasteiger charge is 2.17. The molecule has 11 nitrogen and oxygen atoms in total. The Morgan fingerprint density at radius 2 is 1.84 bits per heavy atom. The maximum atomic E-state index is 12.6. The van der Waals surface area contributed by atoms with Crippen LogP contribution in [-0.2, 0) is 17.6 Å². The lowest BCUT2D eigenvalue weighted by Crippen LogP contribution is -2.27. The average Bonchev–Trinajstić information content (AvgIpc) is 3.28. The first-order chi connectivity index (χ1) is 18.4. The number of methoxy groups -OCH3 is 2. The number of hydrogen-bond donors (Lipinski definition) is 3. The van der Waals surface area contributed by atoms with Crippen molar-refractivity contribution in [1.29, 1.82) is 0 Å². The van der Waals surface area contributed by atoms with Gasteiger partial charge in [-0.25, -0.2) is 4.79 Å². The fraction of sp³-hybridized carbons (Fsp3) is 0.269. The topological polar surface area (TPSA) is 144 Å². The Balaban J connectivity index is 1.44. The summed E-state index contributed by atoms with van der Waals surface area (Å²) >= 11 is 1.25. The molecule has 0 unspecified atom stereocenters. The van der Waals surface area contributed by atoms with Crippen molar-refractivity contribution in [3.63, 3.8) is 0 Å². The largest absolute Gasteiger partial charge is 0.493 e. The lowest BCUT2D eigenvalue weighted by molar-refractivity contribution is -0.118. The Labute approximate surface area is 222 Å². The second-order valence-corrected chi connectivity index (χ2v) is 9.38. The number of H-pyrrole nitrogens is 2. The molecule has 3 N–H and O–H groups in total. The molecule has 0 fully saturated rings. The molecule has 2 heterocycles. The number of rotatable bonds is 11. The predicted molar refractivity (Wildman–Crippen MR) is 144 cm³/mol. The highest BCUT2D eigenvalue weighted by molar-refractivity contribution is 7.99. The molecule has 198 valence electrons. The van der Waals surface area contributed by atoms with Crippen LogP contribution >= 0.6 is 11.8 Å². The van der Waals surface area contributed by atoms with Gasteiger partial charge in [0.15, 0.2) is 16.7 Å². The maximum Gasteiger partial charge on any atom is 0.325 e. The van der Waals surface area contributed by atoms with Gasteiger partial charge in [-0.3, -0.25) is 19.1 Å². The average molecular weight is 537 g/mol. The summed E-state index contributed by atoms with van der Waals surface area (Å²) in [5, 5.41) is 12.0. The van der Waals surface area contributed by atoms with E-state index in [9.17, 15) is 14.4 Å². The molecular weight excluding hydrogens is 508 g/mol. The van der Waals surface area contributed by atoms with Gasteiger partial charge >= 0.3 is 5.69 Å². The van der Waals surface area contributed by atoms with Crippen molar-refractivity contribution in [2.45, 2.75) is 24.9 Å². The van der Waals surface area contributed by atoms with E-state index in [4.69, 9.17) is 9.47 Å². The molecule has 2 aromatic carbocycles. The highest BCUT2D eigenvalue weighted by atomic mass is 32.2. The molecule has 0 atom stereocenters. The number of amides is 1. The van der Waals surface area contributed by atoms with Crippen LogP contribution in [0, 0.1) is 6.92 Å². The lowest BCUT2D eigenvalue weighted by atomic mass is 10.1. The van der Waals surface area contributed by atoms with Gasteiger partial charge < -0.3 is 19.8 Å². The molecule has 0 bridgehead atoms. The third-order valence-electron chi connectivity index (χ3n) is 5.64. The number of nitrogens with zero attached hydrogens (tertiary/aromatic N) is 3. The van der Waals surface area contributed by atoms with E-state index >= 15 is 0 Å². The number of aromatic nitrogens is 5. The van der Waals surface area contributed by atoms with Crippen LogP contribution in [0.15, 0.2) is 63.3 Å². The van der Waals surface area contributed by atoms with E-state index in [1.54, 1.807) is 14.2 Å². The molecule has 12 heteroatoms. The van der Waals surface area contributed by atoms with Crippen LogP contribution < -0.4 is 26.0 Å². The normalized spacial score (nSPS) is 10.8. The molecule has 0 spiro atoms. The fourth-order valence-corrected chi connectivity index (χ4v) is 4.68. The van der Waals surface area contributed by atoms with Gasteiger partial charge in [0.1, 0.15) is 5.82 Å². The molecule has 0 saturated carbocycles. The van der Waals surface area contributed by atoms with Crippen molar-refractivity contribution in [2.75, 3.05) is 26.5 Å². The van der Waals surface area contributed by atoms with Gasteiger partial charge in [-0.2, -0.15) is 0 Å². The molecule has 0 saturated heterocycles. The molecule has 4 aromatic rings. The zero-order valence-corrected chi connectivity index (χ0v) is 22.1. The SMILES string of the molecule is COc1ccc(CCNC(=O)CSc2nnc(Cc3cc(=O)[nH]c(=O)[nH]3)n2-c2cccc(C)c2)cc1OC. The minimum atomic E-state index is -0.589. The number of ether oxygens (including phenoxy) is 2. The van der Waals surface area contributed by atoms with Crippen molar-refractivity contribution >= 4 is 17.7 Å². The third-order valence-corrected chi connectivity index (χ3v) is 6.57. The summed E-state index contributed by atoms with van der Waals surface area (Å²) in [6.07, 6.45) is 0.812. The zero-order chi connectivity index (χ0) is 27.1. The highest BCUT2D eigenvalue weighted by Crippen LogP contribution is 2.27. The summed E-state index contributed by atoms with van der Waals surface area (Å²) in [6, 6.07) is 14.7. The number of hydrogen-bond acceptors (Lipinski definition) is 8. The second-order valence-electron chi connectivity index (χ2n) is 8.44. The van der Waals surface area contributed by atoms with Crippen LogP contribution in [0.5, 0.6) is 11.5 Å². The Hall–Kier alpha value is -4.32. The Morgan fingerprint density at radius 1 is 1.03 bits per heavy atom. The Morgan fingerprint density at radius 3 is 2.58 bits per heavy atom. The van der Waals surface area contributed by atoms with Crippen LogP contribution in [0.4, 0.5) is 0 Å². The van der Waals surface area contributed by atoms with E-state index in [1.807, 2.05) is 54.0 Å². The monoisotopic (exact) mass is 536 g/mol. The van der Waals surface area contributed by atoms with Crippen LogP contribution in [0.3, 0.4) is 0 Å². The van der Waals surface area contributed by atoms with Gasteiger partial charge in [0.25, 0.3) is 5.56 Å². The number of carbonyl (C=O) groups excluding carboxylic acids is 1. The van der Waals surface area contributed by atoms with Crippen LogP contribution in [0.1, 0.15) is 22.6 Å². The van der Waals surface area contributed by atoms with Gasteiger partial charge in [-0.1, -0.05) is 30.0 Å². The van der Waals surface area contributed by atoms with Crippen LogP contribution in [0.25, 0.3) is 5.69 Å². The molecule has 0 radical (unpaired) electrons. The predicted octanol–water partition coefficient (Wildman–Crippen LogP) is 2.01. The summed E-state index contributed by atoms with van der Waals surface area (Å²) in [5.74, 6) is 1.81. The third kappa shape index (κ3) is 6.71. The summed E-state index contributed by atoms with van der Waals surface area (Å²) in [5.41, 5.74) is 2.18. The first-order valence-corrected chi connectivity index (χ1v) is 12.8. The molecular formula is C26H28N6O5S. The van der Waals surface area contributed by atoms with E-state index in [0.717, 1.165) is 16.8 Å². The number of benzene rings is 2. The van der Waals surface area contributed by atoms with E-state index in [1.165, 1.54) is 17.8 Å². The molecule has 0 aliphatic heterocycles. The smallest absolute Gasteiger partial charge is 0.325 e. The molecule has 4 rings (SSSR count). The first-order valence-electron chi connectivity index (χ1n) is 11.8. The maximum absolute atomic E-state index is 12.6. The standard InChI is InChI=1S/C26H28N6O5S/c1-16-5-4-6-19(11-16)32-22(13-18-14-23(33)29-25(35)28-18)30-31-26(32)38-15-24(34)27-10-9-17-7-8-20(36-2)21(12-17)37-3/h4-8,11-12,14H,9-10,13,15H2,1-3H3,(H,27,34)(H2,28,29,33,35). The van der Waals surface area contributed by atoms with E-state index in [0.29, 0.717) is 41.1 Å². The molecule has 38 heavy (non-hydrogen) atoms. The number of aromatic amines is 2. The van der Waals surface area contributed by atoms with E-state index in [-0.39, 0.29) is 18.1 Å². The van der Waals surface area contributed by atoms with Crippen molar-refractivity contribution < 1.29 is 14.3 Å². The molecule has 2 aromatic heterocycles. The zero-order valence-electron chi connectivity index (χ0n) is 21.2. The van der Waals surface area contributed by atoms with Gasteiger partial charge in [-0.15, -0.1) is 10.2 Å². The first kappa shape index (κ1) is 26.7. The summed E-state index contributed by atoms with van der Waals surface area (Å²) in [6.45, 7) is 2.43. The van der Waals surface area contributed by atoms with Crippen LogP contribution in [0.2, 0.25) is 0 Å². The van der Waals surface area contributed by atoms with Gasteiger partial charge in [-0.05, 0) is 48.7 Å². The minimum Gasteiger partial charge on any atom is -0.493 e. The summed E-state index contributed by atoms with van der Waals surface area (Å²) in [4.78, 5) is 40.8. The molecule has 1 amide bonds. The Bertz CT molecular complexity index is 1520. The molecule has 0 aliphatic rings. The fourth-order valence-electron chi connectivity index (χ4n) is 3.88. The van der Waals surface area contributed by atoms with Gasteiger partial charge in [0.05, 0.1) is 20.0 Å². The molecule has 0 aliphatic carbocycles.